The van der Waals surface area contributed by atoms with Crippen LogP contribution in [0.25, 0.3) is 22.5 Å². The van der Waals surface area contributed by atoms with Gasteiger partial charge >= 0.3 is 0 Å². The zero-order valence-corrected chi connectivity index (χ0v) is 18.8. The predicted molar refractivity (Wildman–Crippen MR) is 126 cm³/mol. The highest BCUT2D eigenvalue weighted by molar-refractivity contribution is 6.04. The Morgan fingerprint density at radius 1 is 1.06 bits per heavy atom. The highest BCUT2D eigenvalue weighted by Crippen LogP contribution is 2.37. The summed E-state index contributed by atoms with van der Waals surface area (Å²) in [5.41, 5.74) is 6.26. The molecule has 1 fully saturated rings. The number of aryl methyl sites for hydroxylation is 1. The van der Waals surface area contributed by atoms with Gasteiger partial charge in [0.25, 0.3) is 0 Å². The van der Waals surface area contributed by atoms with E-state index in [2.05, 4.69) is 58.3 Å². The van der Waals surface area contributed by atoms with Gasteiger partial charge in [-0.05, 0) is 88.3 Å². The second kappa shape index (κ2) is 8.88. The van der Waals surface area contributed by atoms with Crippen LogP contribution in [0.2, 0.25) is 0 Å². The van der Waals surface area contributed by atoms with Crippen molar-refractivity contribution in [2.45, 2.75) is 38.3 Å². The van der Waals surface area contributed by atoms with Crippen molar-refractivity contribution in [2.24, 2.45) is 5.16 Å². The van der Waals surface area contributed by atoms with Crippen LogP contribution in [0, 0.1) is 0 Å². The molecule has 1 aliphatic heterocycles. The third-order valence-corrected chi connectivity index (χ3v) is 6.92. The van der Waals surface area contributed by atoms with Gasteiger partial charge in [0.15, 0.2) is 0 Å². The average molecular weight is 431 g/mol. The van der Waals surface area contributed by atoms with Crippen LogP contribution in [0.4, 0.5) is 0 Å². The van der Waals surface area contributed by atoms with E-state index in [1.54, 1.807) is 0 Å². The fourth-order valence-electron chi connectivity index (χ4n) is 5.01. The van der Waals surface area contributed by atoms with E-state index in [9.17, 15) is 5.21 Å². The molecule has 1 aliphatic carbocycles. The minimum absolute atomic E-state index is 0.584. The number of fused-ring (bicyclic) bond motifs is 1. The van der Waals surface area contributed by atoms with Crippen molar-refractivity contribution in [3.63, 3.8) is 0 Å². The van der Waals surface area contributed by atoms with E-state index in [4.69, 9.17) is 4.42 Å². The largest absolute Gasteiger partial charge is 0.459 e. The Balaban J connectivity index is 1.47. The number of rotatable bonds is 5. The predicted octanol–water partition coefficient (Wildman–Crippen LogP) is 4.66. The van der Waals surface area contributed by atoms with E-state index in [0.29, 0.717) is 6.04 Å². The van der Waals surface area contributed by atoms with Crippen LogP contribution in [0.3, 0.4) is 0 Å². The van der Waals surface area contributed by atoms with E-state index in [-0.39, 0.29) is 0 Å². The summed E-state index contributed by atoms with van der Waals surface area (Å²) < 4.78 is 6.50. The summed E-state index contributed by atoms with van der Waals surface area (Å²) in [6.07, 6.45) is 7.69. The molecule has 1 N–H and O–H groups in total. The van der Waals surface area contributed by atoms with Gasteiger partial charge in [-0.15, -0.1) is 0 Å². The zero-order valence-electron chi connectivity index (χ0n) is 18.8. The van der Waals surface area contributed by atoms with Crippen LogP contribution in [0.1, 0.15) is 36.1 Å². The lowest BCUT2D eigenvalue weighted by molar-refractivity contribution is 0.133. The number of nitrogens with zero attached hydrogens (tertiary/aromatic N) is 4. The van der Waals surface area contributed by atoms with E-state index in [1.807, 2.05) is 24.5 Å². The molecule has 0 atom stereocenters. The van der Waals surface area contributed by atoms with Gasteiger partial charge < -0.3 is 14.5 Å². The molecule has 6 nitrogen and oxygen atoms in total. The molecule has 5 rings (SSSR count). The van der Waals surface area contributed by atoms with Gasteiger partial charge in [-0.2, -0.15) is 0 Å². The summed E-state index contributed by atoms with van der Waals surface area (Å²) in [6.45, 7) is 3.09. The maximum atomic E-state index is 9.26. The molecule has 2 aromatic heterocycles. The SMILES string of the molecule is CN1CCC(N(C)Cc2cc(-c3ccncc3)c(-c3ccc4c(c3)CC/C4=N/O)o2)CC1. The molecule has 32 heavy (non-hydrogen) atoms. The molecule has 3 aromatic rings. The lowest BCUT2D eigenvalue weighted by atomic mass is 9.99. The number of aromatic nitrogens is 1. The Hall–Kier alpha value is -2.96. The number of hydrogen-bond donors (Lipinski definition) is 1. The highest BCUT2D eigenvalue weighted by atomic mass is 16.4. The first kappa shape index (κ1) is 20.9. The fourth-order valence-corrected chi connectivity index (χ4v) is 5.01. The molecule has 1 aromatic carbocycles. The molecule has 3 heterocycles. The summed E-state index contributed by atoms with van der Waals surface area (Å²) in [5.74, 6) is 1.87. The van der Waals surface area contributed by atoms with Crippen molar-refractivity contribution in [1.82, 2.24) is 14.8 Å². The molecule has 0 spiro atoms. The molecule has 0 saturated carbocycles. The summed E-state index contributed by atoms with van der Waals surface area (Å²) in [7, 11) is 4.40. The summed E-state index contributed by atoms with van der Waals surface area (Å²) >= 11 is 0. The maximum Gasteiger partial charge on any atom is 0.142 e. The van der Waals surface area contributed by atoms with Crippen molar-refractivity contribution in [2.75, 3.05) is 27.2 Å². The third-order valence-electron chi connectivity index (χ3n) is 6.92. The van der Waals surface area contributed by atoms with Gasteiger partial charge in [0.2, 0.25) is 0 Å². The molecule has 0 amide bonds. The van der Waals surface area contributed by atoms with Crippen molar-refractivity contribution in [1.29, 1.82) is 0 Å². The quantitative estimate of drug-likeness (QED) is 0.471. The minimum atomic E-state index is 0.584. The van der Waals surface area contributed by atoms with Gasteiger partial charge in [-0.25, -0.2) is 0 Å². The number of likely N-dealkylation sites (tertiary alicyclic amines) is 1. The first-order valence-corrected chi connectivity index (χ1v) is 11.4. The monoisotopic (exact) mass is 430 g/mol. The minimum Gasteiger partial charge on any atom is -0.459 e. The van der Waals surface area contributed by atoms with E-state index < -0.39 is 0 Å². The molecular weight excluding hydrogens is 400 g/mol. The van der Waals surface area contributed by atoms with E-state index in [0.717, 1.165) is 72.0 Å². The fraction of sp³-hybridized carbons (Fsp3) is 0.385. The van der Waals surface area contributed by atoms with E-state index in [1.165, 1.54) is 18.4 Å². The normalized spacial score (nSPS) is 18.5. The first-order valence-electron chi connectivity index (χ1n) is 11.4. The van der Waals surface area contributed by atoms with Crippen LogP contribution in [-0.4, -0.2) is 58.9 Å². The highest BCUT2D eigenvalue weighted by Gasteiger charge is 2.24. The van der Waals surface area contributed by atoms with Crippen molar-refractivity contribution in [3.8, 4) is 22.5 Å². The molecule has 6 heteroatoms. The van der Waals surface area contributed by atoms with Crippen LogP contribution in [0.5, 0.6) is 0 Å². The molecule has 0 unspecified atom stereocenters. The number of benzene rings is 1. The molecule has 2 aliphatic rings. The van der Waals surface area contributed by atoms with Crippen molar-refractivity contribution >= 4 is 5.71 Å². The van der Waals surface area contributed by atoms with Crippen LogP contribution < -0.4 is 0 Å². The van der Waals surface area contributed by atoms with Crippen molar-refractivity contribution < 1.29 is 9.62 Å². The van der Waals surface area contributed by atoms with Gasteiger partial charge in [0.1, 0.15) is 11.5 Å². The molecule has 166 valence electrons. The first-order chi connectivity index (χ1) is 15.6. The Bertz CT molecular complexity index is 1110. The zero-order chi connectivity index (χ0) is 22.1. The number of hydrogen-bond acceptors (Lipinski definition) is 6. The van der Waals surface area contributed by atoms with Gasteiger partial charge in [-0.3, -0.25) is 9.88 Å². The van der Waals surface area contributed by atoms with Crippen molar-refractivity contribution in [3.05, 3.63) is 65.7 Å². The summed E-state index contributed by atoms with van der Waals surface area (Å²) in [6, 6.07) is 13.1. The standard InChI is InChI=1S/C26H30N4O2/c1-29-13-9-21(10-14-29)30(2)17-22-16-24(18-7-11-27-12-8-18)26(32-22)20-3-5-23-19(15-20)4-6-25(23)28-31/h3,5,7-8,11-12,15-16,21,31H,4,6,9-10,13-14,17H2,1-2H3/b28-25-. The Morgan fingerprint density at radius 2 is 1.84 bits per heavy atom. The third kappa shape index (κ3) is 4.08. The van der Waals surface area contributed by atoms with Gasteiger partial charge in [0, 0.05) is 35.1 Å². The Kier molecular flexibility index (Phi) is 5.81. The summed E-state index contributed by atoms with van der Waals surface area (Å²) in [5, 5.41) is 12.7. The smallest absolute Gasteiger partial charge is 0.142 e. The number of pyridine rings is 1. The molecular formula is C26H30N4O2. The van der Waals surface area contributed by atoms with Gasteiger partial charge in [-0.1, -0.05) is 17.3 Å². The van der Waals surface area contributed by atoms with Crippen LogP contribution in [-0.2, 0) is 13.0 Å². The molecule has 1 saturated heterocycles. The lowest BCUT2D eigenvalue weighted by Crippen LogP contribution is -2.41. The Morgan fingerprint density at radius 3 is 2.59 bits per heavy atom. The average Bonchev–Trinajstić information content (AvgIpc) is 3.43. The topological polar surface area (TPSA) is 65.1 Å². The second-order valence-electron chi connectivity index (χ2n) is 9.06. The van der Waals surface area contributed by atoms with Crippen LogP contribution >= 0.6 is 0 Å². The maximum absolute atomic E-state index is 9.26. The number of furan rings is 1. The number of oxime groups is 1. The van der Waals surface area contributed by atoms with E-state index >= 15 is 0 Å². The molecule has 0 bridgehead atoms. The molecule has 0 radical (unpaired) electrons. The second-order valence-corrected chi connectivity index (χ2v) is 9.06. The van der Waals surface area contributed by atoms with Crippen LogP contribution in [0.15, 0.2) is 58.4 Å². The van der Waals surface area contributed by atoms with Gasteiger partial charge in [0.05, 0.1) is 12.3 Å². The summed E-state index contributed by atoms with van der Waals surface area (Å²) in [4.78, 5) is 9.01. The Labute approximate surface area is 189 Å². The lowest BCUT2D eigenvalue weighted by Gasteiger charge is -2.34. The number of piperidine rings is 1.